The molecule has 3 aliphatic carbocycles. The number of hydrogen-bond donors (Lipinski definition) is 2. The first kappa shape index (κ1) is 11.3. The minimum Gasteiger partial charge on any atom is -0.399 e. The molecule has 4 unspecified atom stereocenters. The first-order valence-corrected chi connectivity index (χ1v) is 7.01. The van der Waals surface area contributed by atoms with Gasteiger partial charge in [-0.3, -0.25) is 4.79 Å². The molecular formula is C15H17FN2O. The van der Waals surface area contributed by atoms with Crippen LogP contribution < -0.4 is 11.1 Å². The second kappa shape index (κ2) is 3.71. The number of anilines is 2. The molecule has 0 heterocycles. The monoisotopic (exact) mass is 260 g/mol. The van der Waals surface area contributed by atoms with Gasteiger partial charge in [0.2, 0.25) is 5.91 Å². The van der Waals surface area contributed by atoms with Gasteiger partial charge in [-0.2, -0.15) is 0 Å². The number of amides is 1. The quantitative estimate of drug-likeness (QED) is 0.803. The lowest BCUT2D eigenvalue weighted by Gasteiger charge is -2.10. The number of nitrogen functional groups attached to an aromatic ring is 1. The molecule has 1 aromatic carbocycles. The van der Waals surface area contributed by atoms with Crippen molar-refractivity contribution >= 4 is 17.3 Å². The van der Waals surface area contributed by atoms with Crippen molar-refractivity contribution in [2.45, 2.75) is 19.3 Å². The topological polar surface area (TPSA) is 55.1 Å². The van der Waals surface area contributed by atoms with Crippen LogP contribution in [0, 0.1) is 35.4 Å². The maximum Gasteiger partial charge on any atom is 0.228 e. The van der Waals surface area contributed by atoms with E-state index in [4.69, 9.17) is 5.73 Å². The van der Waals surface area contributed by atoms with Crippen LogP contribution >= 0.6 is 0 Å². The van der Waals surface area contributed by atoms with E-state index in [1.165, 1.54) is 31.4 Å². The molecule has 4 rings (SSSR count). The third-order valence-corrected chi connectivity index (χ3v) is 5.29. The van der Waals surface area contributed by atoms with Gasteiger partial charge in [0, 0.05) is 11.6 Å². The molecule has 0 radical (unpaired) electrons. The van der Waals surface area contributed by atoms with Crippen molar-refractivity contribution in [3.63, 3.8) is 0 Å². The maximum absolute atomic E-state index is 13.7. The number of nitrogens with one attached hydrogen (secondary N) is 1. The van der Waals surface area contributed by atoms with Crippen molar-refractivity contribution in [2.75, 3.05) is 11.1 Å². The molecule has 3 aliphatic rings. The minimum atomic E-state index is -0.456. The number of carbonyl (C=O) groups excluding carboxylic acids is 1. The molecule has 0 aliphatic heterocycles. The van der Waals surface area contributed by atoms with Crippen molar-refractivity contribution in [3.05, 3.63) is 24.0 Å². The summed E-state index contributed by atoms with van der Waals surface area (Å²) in [6, 6.07) is 4.39. The summed E-state index contributed by atoms with van der Waals surface area (Å²) in [5.74, 6) is 2.33. The summed E-state index contributed by atoms with van der Waals surface area (Å²) in [6.45, 7) is 0. The zero-order chi connectivity index (χ0) is 13.1. The van der Waals surface area contributed by atoms with Gasteiger partial charge < -0.3 is 11.1 Å². The van der Waals surface area contributed by atoms with Crippen LogP contribution in [0.25, 0.3) is 0 Å². The van der Waals surface area contributed by atoms with Crippen molar-refractivity contribution in [2.24, 2.45) is 29.6 Å². The van der Waals surface area contributed by atoms with Crippen LogP contribution in [0.4, 0.5) is 15.8 Å². The van der Waals surface area contributed by atoms with Gasteiger partial charge in [-0.15, -0.1) is 0 Å². The van der Waals surface area contributed by atoms with Crippen LogP contribution in [0.5, 0.6) is 0 Å². The number of benzene rings is 1. The van der Waals surface area contributed by atoms with Crippen LogP contribution in [0.3, 0.4) is 0 Å². The van der Waals surface area contributed by atoms with Crippen molar-refractivity contribution < 1.29 is 9.18 Å². The average Bonchev–Trinajstić information content (AvgIpc) is 2.82. The first-order valence-electron chi connectivity index (χ1n) is 7.01. The number of hydrogen-bond acceptors (Lipinski definition) is 2. The Kier molecular flexibility index (Phi) is 2.20. The van der Waals surface area contributed by atoms with Gasteiger partial charge in [-0.1, -0.05) is 0 Å². The molecule has 19 heavy (non-hydrogen) atoms. The van der Waals surface area contributed by atoms with Gasteiger partial charge in [0.1, 0.15) is 5.82 Å². The fourth-order valence-corrected chi connectivity index (χ4v) is 4.52. The second-order valence-corrected chi connectivity index (χ2v) is 6.24. The zero-order valence-electron chi connectivity index (χ0n) is 10.6. The molecule has 4 atom stereocenters. The highest BCUT2D eigenvalue weighted by Crippen LogP contribution is 2.69. The number of halogens is 1. The molecule has 1 amide bonds. The third-order valence-electron chi connectivity index (χ3n) is 5.29. The van der Waals surface area contributed by atoms with E-state index in [1.807, 2.05) is 0 Å². The standard InChI is InChI=1S/C15H17FN2O/c16-10-6-9(17)3-4-11(10)18-15(19)14-12-7-1-2-8(5-7)13(12)14/h3-4,6-8,12-14H,1-2,5,17H2,(H,18,19). The molecule has 1 aromatic rings. The second-order valence-electron chi connectivity index (χ2n) is 6.24. The zero-order valence-corrected chi connectivity index (χ0v) is 10.6. The molecule has 3 nitrogen and oxygen atoms in total. The summed E-state index contributed by atoms with van der Waals surface area (Å²) in [5, 5.41) is 2.73. The minimum absolute atomic E-state index is 0.00438. The molecule has 100 valence electrons. The fraction of sp³-hybridized carbons (Fsp3) is 0.533. The highest BCUT2D eigenvalue weighted by Gasteiger charge is 2.67. The molecule has 2 bridgehead atoms. The molecular weight excluding hydrogens is 243 g/mol. The van der Waals surface area contributed by atoms with Crippen LogP contribution in [-0.4, -0.2) is 5.91 Å². The van der Waals surface area contributed by atoms with Gasteiger partial charge in [0.15, 0.2) is 0 Å². The predicted octanol–water partition coefficient (Wildman–Crippen LogP) is 2.64. The molecule has 3 saturated carbocycles. The molecule has 0 saturated heterocycles. The number of fused-ring (bicyclic) bond motifs is 5. The van der Waals surface area contributed by atoms with Crippen LogP contribution in [0.1, 0.15) is 19.3 Å². The number of carbonyl (C=O) groups is 1. The molecule has 4 heteroatoms. The summed E-state index contributed by atoms with van der Waals surface area (Å²) in [5.41, 5.74) is 6.12. The lowest BCUT2D eigenvalue weighted by molar-refractivity contribution is -0.118. The number of nitrogens with two attached hydrogens (primary N) is 1. The number of rotatable bonds is 2. The van der Waals surface area contributed by atoms with E-state index in [0.717, 1.165) is 11.8 Å². The van der Waals surface area contributed by atoms with E-state index < -0.39 is 5.82 Å². The van der Waals surface area contributed by atoms with Crippen molar-refractivity contribution in [1.29, 1.82) is 0 Å². The third kappa shape index (κ3) is 1.58. The van der Waals surface area contributed by atoms with E-state index in [9.17, 15) is 9.18 Å². The normalized spacial score (nSPS) is 38.1. The van der Waals surface area contributed by atoms with Crippen LogP contribution in [0.15, 0.2) is 18.2 Å². The Bertz CT molecular complexity index is 543. The highest BCUT2D eigenvalue weighted by atomic mass is 19.1. The van der Waals surface area contributed by atoms with E-state index in [0.29, 0.717) is 17.5 Å². The van der Waals surface area contributed by atoms with Gasteiger partial charge >= 0.3 is 0 Å². The lowest BCUT2D eigenvalue weighted by atomic mass is 10.0. The van der Waals surface area contributed by atoms with Crippen molar-refractivity contribution in [3.8, 4) is 0 Å². The van der Waals surface area contributed by atoms with Gasteiger partial charge in [0.05, 0.1) is 5.69 Å². The molecule has 0 spiro atoms. The van der Waals surface area contributed by atoms with E-state index in [1.54, 1.807) is 6.07 Å². The predicted molar refractivity (Wildman–Crippen MR) is 70.7 cm³/mol. The summed E-state index contributed by atoms with van der Waals surface area (Å²) < 4.78 is 13.7. The van der Waals surface area contributed by atoms with Gasteiger partial charge in [-0.05, 0) is 61.1 Å². The van der Waals surface area contributed by atoms with E-state index >= 15 is 0 Å². The fourth-order valence-electron chi connectivity index (χ4n) is 4.52. The maximum atomic E-state index is 13.7. The van der Waals surface area contributed by atoms with Crippen LogP contribution in [0.2, 0.25) is 0 Å². The Balaban J connectivity index is 1.48. The van der Waals surface area contributed by atoms with E-state index in [2.05, 4.69) is 5.32 Å². The Hall–Kier alpha value is -1.58. The molecule has 3 fully saturated rings. The molecule has 3 N–H and O–H groups in total. The highest BCUT2D eigenvalue weighted by molar-refractivity contribution is 5.95. The summed E-state index contributed by atoms with van der Waals surface area (Å²) in [4.78, 5) is 12.2. The van der Waals surface area contributed by atoms with Crippen molar-refractivity contribution in [1.82, 2.24) is 0 Å². The average molecular weight is 260 g/mol. The Labute approximate surface area is 111 Å². The Morgan fingerprint density at radius 1 is 1.26 bits per heavy atom. The smallest absolute Gasteiger partial charge is 0.228 e. The molecule has 0 aromatic heterocycles. The van der Waals surface area contributed by atoms with Gasteiger partial charge in [0.25, 0.3) is 0 Å². The summed E-state index contributed by atoms with van der Waals surface area (Å²) >= 11 is 0. The largest absolute Gasteiger partial charge is 0.399 e. The van der Waals surface area contributed by atoms with E-state index in [-0.39, 0.29) is 17.5 Å². The first-order chi connectivity index (χ1) is 9.15. The SMILES string of the molecule is Nc1ccc(NC(=O)C2C3C4CCC(C4)C23)c(F)c1. The summed E-state index contributed by atoms with van der Waals surface area (Å²) in [6.07, 6.45) is 3.88. The van der Waals surface area contributed by atoms with Crippen LogP contribution in [-0.2, 0) is 4.79 Å². The van der Waals surface area contributed by atoms with Gasteiger partial charge in [-0.25, -0.2) is 4.39 Å². The Morgan fingerprint density at radius 2 is 1.95 bits per heavy atom. The summed E-state index contributed by atoms with van der Waals surface area (Å²) in [7, 11) is 0. The lowest BCUT2D eigenvalue weighted by Crippen LogP contribution is -2.19. The Morgan fingerprint density at radius 3 is 2.58 bits per heavy atom.